The molecule has 1 aromatic heterocycles. The summed E-state index contributed by atoms with van der Waals surface area (Å²) < 4.78 is 16.1. The van der Waals surface area contributed by atoms with Gasteiger partial charge in [-0.2, -0.15) is 0 Å². The van der Waals surface area contributed by atoms with Crippen LogP contribution in [0.1, 0.15) is 10.4 Å². The Kier molecular flexibility index (Phi) is 4.56. The van der Waals surface area contributed by atoms with E-state index in [1.165, 1.54) is 12.1 Å². The third kappa shape index (κ3) is 3.72. The lowest BCUT2D eigenvalue weighted by Gasteiger charge is -2.08. The number of ether oxygens (including phenoxy) is 2. The molecule has 25 heavy (non-hydrogen) atoms. The first-order valence-electron chi connectivity index (χ1n) is 7.38. The number of hydrogen-bond acceptors (Lipinski definition) is 6. The molecule has 0 fully saturated rings. The molecular formula is C18H16N2O5. The van der Waals surface area contributed by atoms with E-state index in [0.29, 0.717) is 29.0 Å². The van der Waals surface area contributed by atoms with Gasteiger partial charge < -0.3 is 24.3 Å². The number of oxazole rings is 1. The zero-order valence-corrected chi connectivity index (χ0v) is 13.6. The second kappa shape index (κ2) is 6.96. The molecule has 0 aliphatic carbocycles. The van der Waals surface area contributed by atoms with Crippen molar-refractivity contribution in [3.05, 3.63) is 54.2 Å². The lowest BCUT2D eigenvalue weighted by atomic mass is 10.1. The highest BCUT2D eigenvalue weighted by Gasteiger charge is 2.10. The van der Waals surface area contributed by atoms with Crippen molar-refractivity contribution in [2.45, 2.75) is 0 Å². The quantitative estimate of drug-likeness (QED) is 0.705. The summed E-state index contributed by atoms with van der Waals surface area (Å²) in [7, 11) is 3.14. The lowest BCUT2D eigenvalue weighted by Crippen LogP contribution is -1.94. The van der Waals surface area contributed by atoms with Gasteiger partial charge in [0, 0.05) is 29.4 Å². The lowest BCUT2D eigenvalue weighted by molar-refractivity contribution is 0.0697. The van der Waals surface area contributed by atoms with Crippen LogP contribution in [0.25, 0.3) is 11.3 Å². The van der Waals surface area contributed by atoms with E-state index in [4.69, 9.17) is 19.0 Å². The number of carboxylic acids is 1. The standard InChI is InChI=1S/C18H16N2O5/c1-23-14-7-13(8-15(9-14)24-2)20-18-19-10-16(25-18)11-3-5-12(6-4-11)17(21)22/h3-10H,1-2H3,(H,19,20)(H,21,22). The molecule has 2 N–H and O–H groups in total. The van der Waals surface area contributed by atoms with Gasteiger partial charge in [0.25, 0.3) is 6.01 Å². The summed E-state index contributed by atoms with van der Waals surface area (Å²) >= 11 is 0. The number of nitrogens with zero attached hydrogens (tertiary/aromatic N) is 1. The molecular weight excluding hydrogens is 324 g/mol. The number of anilines is 2. The molecule has 3 aromatic rings. The van der Waals surface area contributed by atoms with Crippen LogP contribution in [0.5, 0.6) is 11.5 Å². The van der Waals surface area contributed by atoms with Crippen LogP contribution < -0.4 is 14.8 Å². The minimum Gasteiger partial charge on any atom is -0.497 e. The number of nitrogens with one attached hydrogen (secondary N) is 1. The van der Waals surface area contributed by atoms with Gasteiger partial charge in [-0.15, -0.1) is 0 Å². The van der Waals surface area contributed by atoms with Crippen LogP contribution in [0.15, 0.2) is 53.1 Å². The van der Waals surface area contributed by atoms with Crippen molar-refractivity contribution in [1.29, 1.82) is 0 Å². The molecule has 3 rings (SSSR count). The van der Waals surface area contributed by atoms with E-state index in [9.17, 15) is 4.79 Å². The molecule has 0 bridgehead atoms. The van der Waals surface area contributed by atoms with Crippen LogP contribution in [0, 0.1) is 0 Å². The van der Waals surface area contributed by atoms with Crippen molar-refractivity contribution in [3.63, 3.8) is 0 Å². The van der Waals surface area contributed by atoms with Crippen molar-refractivity contribution < 1.29 is 23.8 Å². The summed E-state index contributed by atoms with van der Waals surface area (Å²) in [4.78, 5) is 15.1. The van der Waals surface area contributed by atoms with Crippen molar-refractivity contribution in [2.24, 2.45) is 0 Å². The maximum Gasteiger partial charge on any atom is 0.335 e. The van der Waals surface area contributed by atoms with E-state index in [1.807, 2.05) is 0 Å². The summed E-state index contributed by atoms with van der Waals surface area (Å²) in [6.45, 7) is 0. The van der Waals surface area contributed by atoms with Crippen molar-refractivity contribution in [1.82, 2.24) is 4.98 Å². The Balaban J connectivity index is 1.81. The van der Waals surface area contributed by atoms with Crippen LogP contribution in [-0.2, 0) is 0 Å². The number of carbonyl (C=O) groups is 1. The third-order valence-corrected chi connectivity index (χ3v) is 3.52. The second-order valence-electron chi connectivity index (χ2n) is 5.14. The average Bonchev–Trinajstić information content (AvgIpc) is 3.09. The summed E-state index contributed by atoms with van der Waals surface area (Å²) in [6.07, 6.45) is 1.56. The molecule has 0 spiro atoms. The summed E-state index contributed by atoms with van der Waals surface area (Å²) in [5.41, 5.74) is 1.64. The fourth-order valence-corrected chi connectivity index (χ4v) is 2.25. The molecule has 0 aliphatic rings. The van der Waals surface area contributed by atoms with Gasteiger partial charge in [-0.1, -0.05) is 12.1 Å². The van der Waals surface area contributed by atoms with E-state index >= 15 is 0 Å². The smallest absolute Gasteiger partial charge is 0.335 e. The summed E-state index contributed by atoms with van der Waals surface area (Å²) in [5, 5.41) is 12.0. The number of benzene rings is 2. The fourth-order valence-electron chi connectivity index (χ4n) is 2.25. The molecule has 1 heterocycles. The van der Waals surface area contributed by atoms with Crippen molar-refractivity contribution in [3.8, 4) is 22.8 Å². The first-order chi connectivity index (χ1) is 12.1. The monoisotopic (exact) mass is 340 g/mol. The molecule has 0 atom stereocenters. The van der Waals surface area contributed by atoms with E-state index in [0.717, 1.165) is 5.56 Å². The van der Waals surface area contributed by atoms with Gasteiger partial charge in [0.1, 0.15) is 11.5 Å². The maximum absolute atomic E-state index is 10.9. The third-order valence-electron chi connectivity index (χ3n) is 3.52. The number of hydrogen-bond donors (Lipinski definition) is 2. The highest BCUT2D eigenvalue weighted by atomic mass is 16.5. The van der Waals surface area contributed by atoms with Gasteiger partial charge in [0.05, 0.1) is 26.0 Å². The Bertz CT molecular complexity index is 864. The fraction of sp³-hybridized carbons (Fsp3) is 0.111. The SMILES string of the molecule is COc1cc(Nc2ncc(-c3ccc(C(=O)O)cc3)o2)cc(OC)c1. The predicted octanol–water partition coefficient (Wildman–Crippen LogP) is 3.80. The van der Waals surface area contributed by atoms with Gasteiger partial charge in [-0.3, -0.25) is 0 Å². The molecule has 0 unspecified atom stereocenters. The zero-order chi connectivity index (χ0) is 17.8. The molecule has 0 amide bonds. The molecule has 0 aliphatic heterocycles. The number of aromatic carboxylic acids is 1. The van der Waals surface area contributed by atoms with Crippen LogP contribution in [-0.4, -0.2) is 30.3 Å². The Hall–Kier alpha value is -3.48. The van der Waals surface area contributed by atoms with Gasteiger partial charge in [-0.05, 0) is 12.1 Å². The molecule has 7 nitrogen and oxygen atoms in total. The van der Waals surface area contributed by atoms with E-state index in [-0.39, 0.29) is 5.56 Å². The largest absolute Gasteiger partial charge is 0.497 e. The molecule has 0 saturated heterocycles. The Morgan fingerprint density at radius 3 is 2.28 bits per heavy atom. The number of aromatic nitrogens is 1. The molecule has 0 radical (unpaired) electrons. The minimum absolute atomic E-state index is 0.213. The van der Waals surface area contributed by atoms with E-state index in [1.54, 1.807) is 50.7 Å². The van der Waals surface area contributed by atoms with E-state index < -0.39 is 5.97 Å². The van der Waals surface area contributed by atoms with Crippen LogP contribution in [0.4, 0.5) is 11.7 Å². The van der Waals surface area contributed by atoms with Gasteiger partial charge >= 0.3 is 5.97 Å². The topological polar surface area (TPSA) is 93.8 Å². The average molecular weight is 340 g/mol. The highest BCUT2D eigenvalue weighted by Crippen LogP contribution is 2.29. The summed E-state index contributed by atoms with van der Waals surface area (Å²) in [6, 6.07) is 12.0. The van der Waals surface area contributed by atoms with Crippen LogP contribution >= 0.6 is 0 Å². The Morgan fingerprint density at radius 1 is 1.08 bits per heavy atom. The zero-order valence-electron chi connectivity index (χ0n) is 13.6. The maximum atomic E-state index is 10.9. The van der Waals surface area contributed by atoms with E-state index in [2.05, 4.69) is 10.3 Å². The molecule has 7 heteroatoms. The first-order valence-corrected chi connectivity index (χ1v) is 7.38. The summed E-state index contributed by atoms with van der Waals surface area (Å²) in [5.74, 6) is 0.823. The van der Waals surface area contributed by atoms with Gasteiger partial charge in [0.15, 0.2) is 5.76 Å². The predicted molar refractivity (Wildman–Crippen MR) is 91.7 cm³/mol. The molecule has 2 aromatic carbocycles. The first kappa shape index (κ1) is 16.4. The Morgan fingerprint density at radius 2 is 1.72 bits per heavy atom. The Labute approximate surface area is 143 Å². The minimum atomic E-state index is -0.974. The number of carboxylic acid groups (broad SMARTS) is 1. The van der Waals surface area contributed by atoms with Gasteiger partial charge in [0.2, 0.25) is 0 Å². The van der Waals surface area contributed by atoms with Crippen molar-refractivity contribution >= 4 is 17.7 Å². The normalized spacial score (nSPS) is 10.3. The number of methoxy groups -OCH3 is 2. The molecule has 0 saturated carbocycles. The van der Waals surface area contributed by atoms with Crippen LogP contribution in [0.3, 0.4) is 0 Å². The second-order valence-corrected chi connectivity index (χ2v) is 5.14. The molecule has 128 valence electrons. The highest BCUT2D eigenvalue weighted by molar-refractivity contribution is 5.88. The van der Waals surface area contributed by atoms with Crippen molar-refractivity contribution in [2.75, 3.05) is 19.5 Å². The number of rotatable bonds is 6. The van der Waals surface area contributed by atoms with Crippen LogP contribution in [0.2, 0.25) is 0 Å². The van der Waals surface area contributed by atoms with Gasteiger partial charge in [-0.25, -0.2) is 9.78 Å².